The number of alkyl carbamates (subject to hydrolysis) is 1. The number of carbonyl (C=O) groups is 4. The summed E-state index contributed by atoms with van der Waals surface area (Å²) in [5.74, 6) is 0.654. The van der Waals surface area contributed by atoms with Crippen molar-refractivity contribution in [3.8, 4) is 11.1 Å². The highest BCUT2D eigenvalue weighted by molar-refractivity contribution is 6.01. The minimum Gasteiger partial charge on any atom is -0.444 e. The van der Waals surface area contributed by atoms with Crippen LogP contribution in [0.25, 0.3) is 22.2 Å². The summed E-state index contributed by atoms with van der Waals surface area (Å²) >= 11 is 0. The van der Waals surface area contributed by atoms with E-state index in [9.17, 15) is 19.2 Å². The number of aryl methyl sites for hydroxylation is 1. The second-order valence-electron chi connectivity index (χ2n) is 15.9. The number of hydrogen-bond acceptors (Lipinski definition) is 6. The van der Waals surface area contributed by atoms with Crippen molar-refractivity contribution < 1.29 is 23.9 Å². The van der Waals surface area contributed by atoms with Crippen LogP contribution in [0.4, 0.5) is 16.2 Å². The molecule has 0 radical (unpaired) electrons. The molecule has 0 spiro atoms. The third kappa shape index (κ3) is 9.08. The second-order valence-corrected chi connectivity index (χ2v) is 15.9. The Labute approximate surface area is 305 Å². The molecule has 3 aromatic carbocycles. The Morgan fingerprint density at radius 3 is 2.40 bits per heavy atom. The molecule has 274 valence electrons. The zero-order chi connectivity index (χ0) is 37.2. The van der Waals surface area contributed by atoms with Crippen LogP contribution in [-0.4, -0.2) is 45.8 Å². The van der Waals surface area contributed by atoms with E-state index in [1.807, 2.05) is 39.0 Å². The molecule has 1 atom stereocenters. The van der Waals surface area contributed by atoms with Gasteiger partial charge < -0.3 is 25.7 Å². The molecule has 10 heteroatoms. The lowest BCUT2D eigenvalue weighted by Gasteiger charge is -2.29. The van der Waals surface area contributed by atoms with Gasteiger partial charge in [0.05, 0.1) is 17.5 Å². The molecule has 3 amide bonds. The third-order valence-electron chi connectivity index (χ3n) is 10.2. The van der Waals surface area contributed by atoms with Crippen molar-refractivity contribution in [1.29, 1.82) is 0 Å². The average molecular weight is 706 g/mol. The third-order valence-corrected chi connectivity index (χ3v) is 10.2. The lowest BCUT2D eigenvalue weighted by molar-refractivity contribution is -0.129. The average Bonchev–Trinajstić information content (AvgIpc) is 3.68. The summed E-state index contributed by atoms with van der Waals surface area (Å²) in [6.45, 7) is 12.4. The molecule has 1 saturated carbocycles. The zero-order valence-electron chi connectivity index (χ0n) is 31.2. The Kier molecular flexibility index (Phi) is 10.8. The van der Waals surface area contributed by atoms with E-state index in [2.05, 4.69) is 66.0 Å². The standard InChI is InChI=1S/C42H51N5O5/c1-24(2)39-46-35-17-25(3)33(22-36(35)47-39)28-11-7-26(8-12-28)18-31(40(50)44-32-16-15-30-20-38(49)45-34(30)21-32)19-37(48)29-13-9-27(10-14-29)23-43-41(51)52-42(4,5)6/h7-8,11-12,15-17,21-22,24,27,29,31H,9-10,13-14,18-20,23H2,1-6H3,(H,43,51)(H,44,50)(H,45,49)(H,46,47). The number of nitrogens with one attached hydrogen (secondary N) is 4. The number of rotatable bonds is 11. The van der Waals surface area contributed by atoms with Crippen LogP contribution < -0.4 is 16.0 Å². The number of H-pyrrole nitrogens is 1. The van der Waals surface area contributed by atoms with E-state index >= 15 is 0 Å². The number of benzene rings is 3. The van der Waals surface area contributed by atoms with Gasteiger partial charge in [0.1, 0.15) is 17.2 Å². The number of amides is 3. The number of fused-ring (bicyclic) bond motifs is 2. The smallest absolute Gasteiger partial charge is 0.407 e. The molecule has 1 unspecified atom stereocenters. The van der Waals surface area contributed by atoms with Crippen LogP contribution >= 0.6 is 0 Å². The van der Waals surface area contributed by atoms with Gasteiger partial charge in [-0.2, -0.15) is 0 Å². The molecule has 1 fully saturated rings. The Hall–Kier alpha value is -4.99. The maximum absolute atomic E-state index is 13.9. The first-order chi connectivity index (χ1) is 24.7. The topological polar surface area (TPSA) is 142 Å². The van der Waals surface area contributed by atoms with Crippen LogP contribution in [0.3, 0.4) is 0 Å². The van der Waals surface area contributed by atoms with Gasteiger partial charge in [-0.05, 0) is 118 Å². The van der Waals surface area contributed by atoms with Gasteiger partial charge in [-0.3, -0.25) is 14.4 Å². The first-order valence-corrected chi connectivity index (χ1v) is 18.5. The second kappa shape index (κ2) is 15.3. The summed E-state index contributed by atoms with van der Waals surface area (Å²) in [6.07, 6.45) is 3.55. The highest BCUT2D eigenvalue weighted by Crippen LogP contribution is 2.33. The van der Waals surface area contributed by atoms with E-state index in [1.165, 1.54) is 0 Å². The van der Waals surface area contributed by atoms with Crippen molar-refractivity contribution in [2.24, 2.45) is 17.8 Å². The fourth-order valence-electron chi connectivity index (χ4n) is 7.31. The van der Waals surface area contributed by atoms with Crippen LogP contribution in [0.15, 0.2) is 54.6 Å². The van der Waals surface area contributed by atoms with Gasteiger partial charge in [0.25, 0.3) is 0 Å². The number of nitrogens with zero attached hydrogens (tertiary/aromatic N) is 1. The van der Waals surface area contributed by atoms with Crippen LogP contribution in [-0.2, 0) is 32.0 Å². The summed E-state index contributed by atoms with van der Waals surface area (Å²) in [7, 11) is 0. The SMILES string of the molecule is Cc1cc2[nH]c(C(C)C)nc2cc1-c1ccc(CC(CC(=O)C2CCC(CNC(=O)OC(C)(C)C)CC2)C(=O)Nc2ccc3c(c2)NC(=O)C3)cc1. The molecule has 4 aromatic rings. The molecule has 2 heterocycles. The first-order valence-electron chi connectivity index (χ1n) is 18.5. The van der Waals surface area contributed by atoms with Gasteiger partial charge in [0.15, 0.2) is 0 Å². The lowest BCUT2D eigenvalue weighted by Crippen LogP contribution is -2.37. The molecule has 6 rings (SSSR count). The first kappa shape index (κ1) is 36.8. The maximum atomic E-state index is 13.9. The normalized spacial score (nSPS) is 17.8. The lowest BCUT2D eigenvalue weighted by atomic mass is 9.77. The van der Waals surface area contributed by atoms with Crippen molar-refractivity contribution in [2.75, 3.05) is 17.2 Å². The van der Waals surface area contributed by atoms with Crippen molar-refractivity contribution >= 4 is 46.1 Å². The molecule has 1 aliphatic heterocycles. The van der Waals surface area contributed by atoms with Crippen molar-refractivity contribution in [3.63, 3.8) is 0 Å². The Morgan fingerprint density at radius 1 is 0.981 bits per heavy atom. The van der Waals surface area contributed by atoms with E-state index in [-0.39, 0.29) is 35.9 Å². The number of aromatic amines is 1. The number of aromatic nitrogens is 2. The van der Waals surface area contributed by atoms with Crippen LogP contribution in [0.2, 0.25) is 0 Å². The predicted octanol–water partition coefficient (Wildman–Crippen LogP) is 8.24. The van der Waals surface area contributed by atoms with E-state index < -0.39 is 17.6 Å². The van der Waals surface area contributed by atoms with Crippen molar-refractivity contribution in [3.05, 3.63) is 77.1 Å². The molecule has 1 aromatic heterocycles. The van der Waals surface area contributed by atoms with Crippen molar-refractivity contribution in [2.45, 2.75) is 98.0 Å². The molecule has 52 heavy (non-hydrogen) atoms. The van der Waals surface area contributed by atoms with E-state index in [4.69, 9.17) is 9.72 Å². The van der Waals surface area contributed by atoms with Gasteiger partial charge in [-0.25, -0.2) is 9.78 Å². The van der Waals surface area contributed by atoms with E-state index in [0.717, 1.165) is 70.4 Å². The monoisotopic (exact) mass is 705 g/mol. The summed E-state index contributed by atoms with van der Waals surface area (Å²) in [5, 5.41) is 8.75. The Bertz CT molecular complexity index is 1960. The molecule has 0 saturated heterocycles. The zero-order valence-corrected chi connectivity index (χ0v) is 31.2. The molecule has 2 aliphatic rings. The molecule has 4 N–H and O–H groups in total. The molecular weight excluding hydrogens is 654 g/mol. The van der Waals surface area contributed by atoms with Crippen LogP contribution in [0, 0.1) is 24.7 Å². The number of carbonyl (C=O) groups excluding carboxylic acids is 4. The van der Waals surface area contributed by atoms with Gasteiger partial charge in [0.2, 0.25) is 11.8 Å². The molecule has 10 nitrogen and oxygen atoms in total. The van der Waals surface area contributed by atoms with Crippen molar-refractivity contribution in [1.82, 2.24) is 15.3 Å². The number of imidazole rings is 1. The van der Waals surface area contributed by atoms with E-state index in [0.29, 0.717) is 36.7 Å². The van der Waals surface area contributed by atoms with E-state index in [1.54, 1.807) is 12.1 Å². The minimum absolute atomic E-state index is 0.0690. The van der Waals surface area contributed by atoms with Gasteiger partial charge in [-0.1, -0.05) is 44.2 Å². The number of Topliss-reactive ketones (excluding diaryl/α,β-unsaturated/α-hetero) is 1. The quantitative estimate of drug-likeness (QED) is 0.124. The highest BCUT2D eigenvalue weighted by Gasteiger charge is 2.31. The highest BCUT2D eigenvalue weighted by atomic mass is 16.6. The maximum Gasteiger partial charge on any atom is 0.407 e. The Balaban J connectivity index is 1.14. The summed E-state index contributed by atoms with van der Waals surface area (Å²) < 4.78 is 5.37. The predicted molar refractivity (Wildman–Crippen MR) is 204 cm³/mol. The summed E-state index contributed by atoms with van der Waals surface area (Å²) in [5.41, 5.74) is 7.86. The number of ketones is 1. The number of anilines is 2. The number of ether oxygens (including phenoxy) is 1. The molecule has 0 bridgehead atoms. The van der Waals surface area contributed by atoms with Gasteiger partial charge >= 0.3 is 6.09 Å². The molecule has 1 aliphatic carbocycles. The summed E-state index contributed by atoms with van der Waals surface area (Å²) in [4.78, 5) is 59.9. The van der Waals surface area contributed by atoms with Gasteiger partial charge in [-0.15, -0.1) is 0 Å². The number of hydrogen-bond donors (Lipinski definition) is 4. The fourth-order valence-corrected chi connectivity index (χ4v) is 7.31. The van der Waals surface area contributed by atoms with Gasteiger partial charge in [0, 0.05) is 42.1 Å². The van der Waals surface area contributed by atoms with Crippen LogP contribution in [0.1, 0.15) is 95.2 Å². The fraction of sp³-hybridized carbons (Fsp3) is 0.452. The molecular formula is C42H51N5O5. The Morgan fingerprint density at radius 2 is 1.71 bits per heavy atom. The largest absolute Gasteiger partial charge is 0.444 e. The van der Waals surface area contributed by atoms with Crippen LogP contribution in [0.5, 0.6) is 0 Å². The summed E-state index contributed by atoms with van der Waals surface area (Å²) in [6, 6.07) is 17.9. The minimum atomic E-state index is -0.579.